The van der Waals surface area contributed by atoms with Crippen molar-refractivity contribution in [2.45, 2.75) is 39.2 Å². The van der Waals surface area contributed by atoms with Crippen LogP contribution in [0, 0.1) is 31.6 Å². The lowest BCUT2D eigenvalue weighted by Crippen LogP contribution is -2.46. The van der Waals surface area contributed by atoms with E-state index in [-0.39, 0.29) is 17.9 Å². The van der Waals surface area contributed by atoms with E-state index in [1.165, 1.54) is 0 Å². The van der Waals surface area contributed by atoms with E-state index in [1.54, 1.807) is 0 Å². The minimum absolute atomic E-state index is 0.148. The minimum Gasteiger partial charge on any atom is -0.481 e. The molecule has 0 radical (unpaired) electrons. The first-order chi connectivity index (χ1) is 9.95. The Balaban J connectivity index is 1.79. The summed E-state index contributed by atoms with van der Waals surface area (Å²) in [6, 6.07) is 5.51. The zero-order chi connectivity index (χ0) is 15.1. The van der Waals surface area contributed by atoms with Gasteiger partial charge in [0, 0.05) is 11.6 Å². The second-order valence-electron chi connectivity index (χ2n) is 6.57. The van der Waals surface area contributed by atoms with E-state index in [4.69, 9.17) is 0 Å². The fraction of sp³-hybridized carbons (Fsp3) is 0.529. The number of carboxylic acid groups (broad SMARTS) is 1. The predicted octanol–water partition coefficient (Wildman–Crippen LogP) is 2.53. The van der Waals surface area contributed by atoms with Gasteiger partial charge in [0.05, 0.1) is 5.92 Å². The van der Waals surface area contributed by atoms with Gasteiger partial charge in [0.15, 0.2) is 0 Å². The molecule has 0 aliphatic heterocycles. The third-order valence-corrected chi connectivity index (χ3v) is 4.98. The summed E-state index contributed by atoms with van der Waals surface area (Å²) in [5.74, 6) is -0.778. The molecule has 1 aromatic carbocycles. The molecule has 0 heterocycles. The molecular weight excluding hydrogens is 266 g/mol. The lowest BCUT2D eigenvalue weighted by Gasteiger charge is -2.29. The first-order valence-electron chi connectivity index (χ1n) is 7.57. The highest BCUT2D eigenvalue weighted by Gasteiger charge is 2.51. The SMILES string of the molecule is Cc1cc(C)cc(C(=O)NC2C3CCC(C3)C2C(=O)O)c1. The predicted molar refractivity (Wildman–Crippen MR) is 79.1 cm³/mol. The second kappa shape index (κ2) is 5.17. The smallest absolute Gasteiger partial charge is 0.308 e. The highest BCUT2D eigenvalue weighted by atomic mass is 16.4. The number of carbonyl (C=O) groups excluding carboxylic acids is 1. The number of rotatable bonds is 3. The quantitative estimate of drug-likeness (QED) is 0.897. The maximum Gasteiger partial charge on any atom is 0.308 e. The van der Waals surface area contributed by atoms with Gasteiger partial charge in [-0.1, -0.05) is 17.2 Å². The largest absolute Gasteiger partial charge is 0.481 e. The molecule has 2 N–H and O–H groups in total. The van der Waals surface area contributed by atoms with Crippen LogP contribution in [0.4, 0.5) is 0 Å². The van der Waals surface area contributed by atoms with E-state index in [0.29, 0.717) is 11.5 Å². The van der Waals surface area contributed by atoms with Crippen molar-refractivity contribution >= 4 is 11.9 Å². The summed E-state index contributed by atoms with van der Waals surface area (Å²) in [7, 11) is 0. The number of hydrogen-bond donors (Lipinski definition) is 2. The summed E-state index contributed by atoms with van der Waals surface area (Å²) >= 11 is 0. The highest BCUT2D eigenvalue weighted by molar-refractivity contribution is 5.95. The van der Waals surface area contributed by atoms with Gasteiger partial charge in [-0.15, -0.1) is 0 Å². The number of aryl methyl sites for hydroxylation is 2. The first-order valence-corrected chi connectivity index (χ1v) is 7.57. The average molecular weight is 287 g/mol. The van der Waals surface area contributed by atoms with Crippen LogP contribution >= 0.6 is 0 Å². The molecule has 0 saturated heterocycles. The number of nitrogens with one attached hydrogen (secondary N) is 1. The Morgan fingerprint density at radius 1 is 1.10 bits per heavy atom. The summed E-state index contributed by atoms with van der Waals surface area (Å²) in [5.41, 5.74) is 2.71. The van der Waals surface area contributed by atoms with Gasteiger partial charge in [-0.25, -0.2) is 0 Å². The Bertz CT molecular complexity index is 575. The molecule has 1 aromatic rings. The summed E-state index contributed by atoms with van der Waals surface area (Å²) in [6.45, 7) is 3.92. The third-order valence-electron chi connectivity index (χ3n) is 4.98. The van der Waals surface area contributed by atoms with Gasteiger partial charge in [-0.05, 0) is 57.1 Å². The molecule has 4 atom stereocenters. The first kappa shape index (κ1) is 14.1. The number of carboxylic acids is 1. The van der Waals surface area contributed by atoms with Gasteiger partial charge in [-0.3, -0.25) is 9.59 Å². The van der Waals surface area contributed by atoms with Crippen molar-refractivity contribution in [1.82, 2.24) is 5.32 Å². The number of amides is 1. The second-order valence-corrected chi connectivity index (χ2v) is 6.57. The van der Waals surface area contributed by atoms with Crippen LogP contribution in [0.2, 0.25) is 0 Å². The Labute approximate surface area is 124 Å². The zero-order valence-corrected chi connectivity index (χ0v) is 12.4. The number of aliphatic carboxylic acids is 1. The molecule has 2 fully saturated rings. The van der Waals surface area contributed by atoms with Crippen LogP contribution in [-0.4, -0.2) is 23.0 Å². The summed E-state index contributed by atoms with van der Waals surface area (Å²) in [4.78, 5) is 23.9. The number of carbonyl (C=O) groups is 2. The average Bonchev–Trinajstić information content (AvgIpc) is 2.97. The summed E-state index contributed by atoms with van der Waals surface area (Å²) in [6.07, 6.45) is 2.96. The van der Waals surface area contributed by atoms with Gasteiger partial charge >= 0.3 is 5.97 Å². The molecule has 4 nitrogen and oxygen atoms in total. The molecule has 1 amide bonds. The molecule has 2 aliphatic rings. The molecule has 0 spiro atoms. The van der Waals surface area contributed by atoms with Crippen molar-refractivity contribution in [2.75, 3.05) is 0 Å². The van der Waals surface area contributed by atoms with E-state index in [1.807, 2.05) is 32.0 Å². The van der Waals surface area contributed by atoms with E-state index in [2.05, 4.69) is 5.32 Å². The summed E-state index contributed by atoms with van der Waals surface area (Å²) < 4.78 is 0. The van der Waals surface area contributed by atoms with Gasteiger partial charge in [0.2, 0.25) is 0 Å². The van der Waals surface area contributed by atoms with Crippen LogP contribution in [0.25, 0.3) is 0 Å². The molecule has 112 valence electrons. The molecule has 2 saturated carbocycles. The van der Waals surface area contributed by atoms with Crippen molar-refractivity contribution < 1.29 is 14.7 Å². The Morgan fingerprint density at radius 3 is 2.33 bits per heavy atom. The molecule has 4 heteroatoms. The Morgan fingerprint density at radius 2 is 1.71 bits per heavy atom. The third kappa shape index (κ3) is 2.55. The molecule has 3 rings (SSSR count). The van der Waals surface area contributed by atoms with Crippen LogP contribution < -0.4 is 5.32 Å². The van der Waals surface area contributed by atoms with Crippen LogP contribution in [0.5, 0.6) is 0 Å². The fourth-order valence-electron chi connectivity index (χ4n) is 4.19. The van der Waals surface area contributed by atoms with E-state index in [0.717, 1.165) is 30.4 Å². The summed E-state index contributed by atoms with van der Waals surface area (Å²) in [5, 5.41) is 12.4. The molecule has 0 aromatic heterocycles. The number of benzene rings is 1. The van der Waals surface area contributed by atoms with Crippen molar-refractivity contribution in [3.05, 3.63) is 34.9 Å². The number of hydrogen-bond acceptors (Lipinski definition) is 2. The maximum atomic E-state index is 12.4. The van der Waals surface area contributed by atoms with E-state index >= 15 is 0 Å². The van der Waals surface area contributed by atoms with Gasteiger partial charge in [0.1, 0.15) is 0 Å². The van der Waals surface area contributed by atoms with Gasteiger partial charge in [0.25, 0.3) is 5.91 Å². The Kier molecular flexibility index (Phi) is 3.47. The monoisotopic (exact) mass is 287 g/mol. The lowest BCUT2D eigenvalue weighted by molar-refractivity contribution is -0.144. The molecule has 2 bridgehead atoms. The van der Waals surface area contributed by atoms with Crippen molar-refractivity contribution in [3.8, 4) is 0 Å². The van der Waals surface area contributed by atoms with Crippen molar-refractivity contribution in [1.29, 1.82) is 0 Å². The van der Waals surface area contributed by atoms with Crippen molar-refractivity contribution in [3.63, 3.8) is 0 Å². The number of fused-ring (bicyclic) bond motifs is 2. The van der Waals surface area contributed by atoms with Crippen LogP contribution in [-0.2, 0) is 4.79 Å². The van der Waals surface area contributed by atoms with Gasteiger partial charge in [-0.2, -0.15) is 0 Å². The normalized spacial score (nSPS) is 30.4. The topological polar surface area (TPSA) is 66.4 Å². The van der Waals surface area contributed by atoms with E-state index < -0.39 is 11.9 Å². The standard InChI is InChI=1S/C17H21NO3/c1-9-5-10(2)7-13(6-9)16(19)18-15-12-4-3-11(8-12)14(15)17(20)21/h5-7,11-12,14-15H,3-4,8H2,1-2H3,(H,18,19)(H,20,21). The van der Waals surface area contributed by atoms with Crippen molar-refractivity contribution in [2.24, 2.45) is 17.8 Å². The van der Waals surface area contributed by atoms with E-state index in [9.17, 15) is 14.7 Å². The molecular formula is C17H21NO3. The fourth-order valence-corrected chi connectivity index (χ4v) is 4.19. The molecule has 21 heavy (non-hydrogen) atoms. The molecule has 4 unspecified atom stereocenters. The van der Waals surface area contributed by atoms with Crippen LogP contribution in [0.1, 0.15) is 40.7 Å². The van der Waals surface area contributed by atoms with Crippen LogP contribution in [0.3, 0.4) is 0 Å². The Hall–Kier alpha value is -1.84. The molecule has 2 aliphatic carbocycles. The zero-order valence-electron chi connectivity index (χ0n) is 12.4. The minimum atomic E-state index is -0.770. The van der Waals surface area contributed by atoms with Gasteiger partial charge < -0.3 is 10.4 Å². The maximum absolute atomic E-state index is 12.4. The highest BCUT2D eigenvalue weighted by Crippen LogP contribution is 2.48. The lowest BCUT2D eigenvalue weighted by atomic mass is 9.84. The van der Waals surface area contributed by atoms with Crippen LogP contribution in [0.15, 0.2) is 18.2 Å².